The predicted octanol–water partition coefficient (Wildman–Crippen LogP) is 2.82. The summed E-state index contributed by atoms with van der Waals surface area (Å²) in [7, 11) is 4.79. The summed E-state index contributed by atoms with van der Waals surface area (Å²) in [5, 5.41) is 1.18. The summed E-state index contributed by atoms with van der Waals surface area (Å²) < 4.78 is 34.0. The van der Waals surface area contributed by atoms with Crippen molar-refractivity contribution >= 4 is 5.91 Å². The molecule has 1 aliphatic heterocycles. The molecule has 1 amide bonds. The summed E-state index contributed by atoms with van der Waals surface area (Å²) in [6.45, 7) is 5.35. The summed E-state index contributed by atoms with van der Waals surface area (Å²) in [5.41, 5.74) is 1.15. The smallest absolute Gasteiger partial charge is 0.268 e. The zero-order valence-corrected chi connectivity index (χ0v) is 19.5. The van der Waals surface area contributed by atoms with Gasteiger partial charge in [0.2, 0.25) is 0 Å². The Morgan fingerprint density at radius 1 is 1.24 bits per heavy atom. The van der Waals surface area contributed by atoms with E-state index in [1.54, 1.807) is 24.6 Å². The van der Waals surface area contributed by atoms with Gasteiger partial charge in [0.05, 0.1) is 19.3 Å². The molecular weight excluding hydrogens is 434 g/mol. The van der Waals surface area contributed by atoms with E-state index in [0.717, 1.165) is 17.8 Å². The van der Waals surface area contributed by atoms with Crippen LogP contribution in [0.3, 0.4) is 0 Å². The predicted molar refractivity (Wildman–Crippen MR) is 117 cm³/mol. The number of carbonyl (C=O) groups is 1. The molecule has 2 aromatic heterocycles. The Kier molecular flexibility index (Phi) is 7.16. The van der Waals surface area contributed by atoms with E-state index in [4.69, 9.17) is 9.57 Å². The van der Waals surface area contributed by atoms with Gasteiger partial charge in [-0.2, -0.15) is 0 Å². The number of allylic oxidation sites excluding steroid dienone is 1. The van der Waals surface area contributed by atoms with Crippen LogP contribution >= 0.6 is 0 Å². The number of rotatable bonds is 6. The molecule has 0 radical (unpaired) electrons. The van der Waals surface area contributed by atoms with Crippen molar-refractivity contribution in [3.63, 3.8) is 0 Å². The first-order chi connectivity index (χ1) is 15.5. The van der Waals surface area contributed by atoms with Gasteiger partial charge in [0.15, 0.2) is 5.82 Å². The van der Waals surface area contributed by atoms with E-state index in [1.807, 2.05) is 32.0 Å². The summed E-state index contributed by atoms with van der Waals surface area (Å²) in [6.07, 6.45) is 2.76. The second kappa shape index (κ2) is 9.70. The molecule has 0 saturated carbocycles. The van der Waals surface area contributed by atoms with Crippen LogP contribution in [0.1, 0.15) is 31.3 Å². The van der Waals surface area contributed by atoms with Crippen LogP contribution in [0.2, 0.25) is 0 Å². The second-order valence-electron chi connectivity index (χ2n) is 8.22. The zero-order chi connectivity index (χ0) is 24.4. The maximum absolute atomic E-state index is 13.8. The van der Waals surface area contributed by atoms with Crippen LogP contribution < -0.4 is 10.3 Å². The van der Waals surface area contributed by atoms with E-state index < -0.39 is 17.7 Å². The van der Waals surface area contributed by atoms with Crippen LogP contribution in [0.4, 0.5) is 8.78 Å². The SMILES string of the molecule is CON(C)C(=O)C1C(C)[C@@H](n2c(C)cc(OCc3ncc(F)cc3F)cc2=O)C(C)=CN1C. The van der Waals surface area contributed by atoms with Crippen LogP contribution in [-0.2, 0) is 16.2 Å². The largest absolute Gasteiger partial charge is 0.487 e. The van der Waals surface area contributed by atoms with Crippen LogP contribution in [0.15, 0.2) is 41.0 Å². The molecule has 0 fully saturated rings. The van der Waals surface area contributed by atoms with Crippen molar-refractivity contribution in [3.05, 3.63) is 69.5 Å². The highest BCUT2D eigenvalue weighted by molar-refractivity contribution is 5.81. The fraction of sp³-hybridized carbons (Fsp3) is 0.435. The molecule has 3 rings (SSSR count). The zero-order valence-electron chi connectivity index (χ0n) is 19.5. The second-order valence-corrected chi connectivity index (χ2v) is 8.22. The van der Waals surface area contributed by atoms with E-state index in [1.165, 1.54) is 18.2 Å². The van der Waals surface area contributed by atoms with Crippen LogP contribution in [0.25, 0.3) is 0 Å². The lowest BCUT2D eigenvalue weighted by Crippen LogP contribution is -2.52. The third-order valence-corrected chi connectivity index (χ3v) is 5.92. The van der Waals surface area contributed by atoms with Crippen LogP contribution in [-0.4, -0.2) is 52.7 Å². The number of carbonyl (C=O) groups excluding carboxylic acids is 1. The molecule has 8 nitrogen and oxygen atoms in total. The van der Waals surface area contributed by atoms with Crippen molar-refractivity contribution in [1.82, 2.24) is 19.5 Å². The van der Waals surface area contributed by atoms with E-state index >= 15 is 0 Å². The number of amides is 1. The number of aromatic nitrogens is 2. The van der Waals surface area contributed by atoms with Gasteiger partial charge in [0.25, 0.3) is 11.5 Å². The van der Waals surface area contributed by atoms with E-state index in [2.05, 4.69) is 4.98 Å². The lowest BCUT2D eigenvalue weighted by molar-refractivity contribution is -0.176. The fourth-order valence-electron chi connectivity index (χ4n) is 4.37. The summed E-state index contributed by atoms with van der Waals surface area (Å²) in [5.74, 6) is -1.82. The molecule has 3 atom stereocenters. The summed E-state index contributed by atoms with van der Waals surface area (Å²) in [6, 6.07) is 2.81. The number of hydrogen-bond donors (Lipinski definition) is 0. The number of likely N-dealkylation sites (N-methyl/N-ethyl adjacent to an activating group) is 2. The topological polar surface area (TPSA) is 76.9 Å². The number of nitrogens with zero attached hydrogens (tertiary/aromatic N) is 4. The molecule has 0 spiro atoms. The first-order valence-electron chi connectivity index (χ1n) is 10.4. The average molecular weight is 462 g/mol. The Bertz CT molecular complexity index is 1130. The Morgan fingerprint density at radius 2 is 1.94 bits per heavy atom. The third-order valence-electron chi connectivity index (χ3n) is 5.92. The summed E-state index contributed by atoms with van der Waals surface area (Å²) >= 11 is 0. The standard InChI is InChI=1S/C23H28F2N4O4/c1-13-11-27(4)22(23(31)28(5)32-6)15(3)21(13)29-14(2)7-17(9-20(29)30)33-12-19-18(25)8-16(24)10-26-19/h7-11,15,21-22H,12H2,1-6H3/t15?,21-,22?/m0/s1. The molecule has 0 bridgehead atoms. The van der Waals surface area contributed by atoms with Crippen molar-refractivity contribution in [1.29, 1.82) is 0 Å². The fourth-order valence-corrected chi connectivity index (χ4v) is 4.37. The molecule has 2 aromatic rings. The quantitative estimate of drug-likeness (QED) is 0.615. The maximum atomic E-state index is 13.8. The monoisotopic (exact) mass is 462 g/mol. The number of hydrogen-bond acceptors (Lipinski definition) is 6. The Labute approximate surface area is 191 Å². The number of hydroxylamine groups is 2. The normalized spacial score (nSPS) is 20.4. The van der Waals surface area contributed by atoms with E-state index in [9.17, 15) is 18.4 Å². The number of ether oxygens (including phenoxy) is 1. The van der Waals surface area contributed by atoms with Gasteiger partial charge < -0.3 is 14.2 Å². The molecule has 0 aromatic carbocycles. The molecule has 33 heavy (non-hydrogen) atoms. The van der Waals surface area contributed by atoms with Gasteiger partial charge in [-0.25, -0.2) is 13.8 Å². The first kappa shape index (κ1) is 24.4. The van der Waals surface area contributed by atoms with E-state index in [0.29, 0.717) is 5.69 Å². The van der Waals surface area contributed by atoms with Gasteiger partial charge in [-0.05, 0) is 25.5 Å². The molecule has 2 unspecified atom stereocenters. The van der Waals surface area contributed by atoms with Gasteiger partial charge in [0.1, 0.15) is 29.9 Å². The van der Waals surface area contributed by atoms with Gasteiger partial charge in [-0.3, -0.25) is 19.4 Å². The number of pyridine rings is 2. The minimum atomic E-state index is -0.822. The minimum Gasteiger partial charge on any atom is -0.487 e. The van der Waals surface area contributed by atoms with Crippen molar-refractivity contribution in [2.75, 3.05) is 21.2 Å². The number of halogens is 2. The van der Waals surface area contributed by atoms with Gasteiger partial charge in [-0.1, -0.05) is 6.92 Å². The first-order valence-corrected chi connectivity index (χ1v) is 10.4. The van der Waals surface area contributed by atoms with Gasteiger partial charge in [0, 0.05) is 44.0 Å². The highest BCUT2D eigenvalue weighted by Gasteiger charge is 2.40. The Hall–Kier alpha value is -3.27. The Balaban J connectivity index is 1.90. The Morgan fingerprint density at radius 3 is 2.55 bits per heavy atom. The third kappa shape index (κ3) is 4.90. The highest BCUT2D eigenvalue weighted by atomic mass is 19.1. The molecule has 1 aliphatic rings. The molecular formula is C23H28F2N4O4. The van der Waals surface area contributed by atoms with Gasteiger partial charge >= 0.3 is 0 Å². The van der Waals surface area contributed by atoms with Crippen LogP contribution in [0, 0.1) is 24.5 Å². The molecule has 178 valence electrons. The summed E-state index contributed by atoms with van der Waals surface area (Å²) in [4.78, 5) is 36.6. The number of aryl methyl sites for hydroxylation is 1. The molecule has 0 saturated heterocycles. The molecule has 0 aliphatic carbocycles. The van der Waals surface area contributed by atoms with Crippen molar-refractivity contribution in [2.24, 2.45) is 5.92 Å². The maximum Gasteiger partial charge on any atom is 0.268 e. The molecule has 3 heterocycles. The minimum absolute atomic E-state index is 0.0652. The van der Waals surface area contributed by atoms with Crippen molar-refractivity contribution in [3.8, 4) is 5.75 Å². The lowest BCUT2D eigenvalue weighted by atomic mass is 9.84. The molecule has 0 N–H and O–H groups in total. The average Bonchev–Trinajstić information content (AvgIpc) is 2.73. The molecule has 10 heteroatoms. The highest BCUT2D eigenvalue weighted by Crippen LogP contribution is 2.36. The van der Waals surface area contributed by atoms with Gasteiger partial charge in [-0.15, -0.1) is 0 Å². The van der Waals surface area contributed by atoms with Crippen molar-refractivity contribution < 1.29 is 23.1 Å². The van der Waals surface area contributed by atoms with Crippen molar-refractivity contribution in [2.45, 2.75) is 39.5 Å². The lowest BCUT2D eigenvalue weighted by Gasteiger charge is -2.42. The van der Waals surface area contributed by atoms with E-state index in [-0.39, 0.29) is 41.5 Å². The van der Waals surface area contributed by atoms with Crippen LogP contribution in [0.5, 0.6) is 5.75 Å².